The van der Waals surface area contributed by atoms with Crippen LogP contribution in [0.4, 0.5) is 5.69 Å². The van der Waals surface area contributed by atoms with Gasteiger partial charge in [-0.05, 0) is 73.6 Å². The number of nitrogens with one attached hydrogen (secondary N) is 2. The lowest BCUT2D eigenvalue weighted by molar-refractivity contribution is -0.115. The Morgan fingerprint density at radius 1 is 1.07 bits per heavy atom. The van der Waals surface area contributed by atoms with Crippen LogP contribution in [0.25, 0.3) is 17.4 Å². The molecule has 0 saturated carbocycles. The summed E-state index contributed by atoms with van der Waals surface area (Å²) in [6.07, 6.45) is 2.90. The average molecular weight is 445 g/mol. The standard InChI is InChI=1S/C22H18Cl2N2O2S/c1-13-5-3-8-18(14(13)2)25-22(29)26-20(27)12-10-15-9-11-19(28-15)16-6-4-7-17(23)21(16)24/h3-12H,1-2H3,(H2,25,26,27,29). The second-order valence-corrected chi connectivity index (χ2v) is 7.52. The predicted octanol–water partition coefficient (Wildman–Crippen LogP) is 6.40. The monoisotopic (exact) mass is 444 g/mol. The molecule has 4 nitrogen and oxygen atoms in total. The fraction of sp³-hybridized carbons (Fsp3) is 0.0909. The highest BCUT2D eigenvalue weighted by Gasteiger charge is 2.10. The quantitative estimate of drug-likeness (QED) is 0.361. The third-order valence-electron chi connectivity index (χ3n) is 4.33. The summed E-state index contributed by atoms with van der Waals surface area (Å²) in [7, 11) is 0. The van der Waals surface area contributed by atoms with E-state index in [0.717, 1.165) is 16.8 Å². The Labute approximate surface area is 184 Å². The summed E-state index contributed by atoms with van der Waals surface area (Å²) in [5.74, 6) is 0.691. The number of rotatable bonds is 4. The maximum Gasteiger partial charge on any atom is 0.250 e. The number of anilines is 1. The predicted molar refractivity (Wildman–Crippen MR) is 123 cm³/mol. The van der Waals surface area contributed by atoms with E-state index in [0.29, 0.717) is 27.1 Å². The molecule has 1 aromatic heterocycles. The molecule has 3 rings (SSSR count). The highest BCUT2D eigenvalue weighted by Crippen LogP contribution is 2.34. The third-order valence-corrected chi connectivity index (χ3v) is 5.36. The normalized spacial score (nSPS) is 10.9. The summed E-state index contributed by atoms with van der Waals surface area (Å²) in [5.41, 5.74) is 3.75. The zero-order chi connectivity index (χ0) is 21.0. The molecule has 148 valence electrons. The van der Waals surface area contributed by atoms with Gasteiger partial charge in [-0.3, -0.25) is 10.1 Å². The number of aryl methyl sites for hydroxylation is 1. The number of hydrogen-bond acceptors (Lipinski definition) is 3. The first kappa shape index (κ1) is 21.1. The van der Waals surface area contributed by atoms with Gasteiger partial charge in [0.25, 0.3) is 0 Å². The van der Waals surface area contributed by atoms with Crippen LogP contribution < -0.4 is 10.6 Å². The molecule has 0 fully saturated rings. The summed E-state index contributed by atoms with van der Waals surface area (Å²) in [5, 5.41) is 6.73. The van der Waals surface area contributed by atoms with Gasteiger partial charge in [-0.1, -0.05) is 41.4 Å². The van der Waals surface area contributed by atoms with Crippen molar-refractivity contribution in [2.24, 2.45) is 0 Å². The van der Waals surface area contributed by atoms with Crippen LogP contribution in [-0.2, 0) is 4.79 Å². The number of carbonyl (C=O) groups excluding carboxylic acids is 1. The molecule has 0 spiro atoms. The van der Waals surface area contributed by atoms with Gasteiger partial charge in [0, 0.05) is 17.3 Å². The summed E-state index contributed by atoms with van der Waals surface area (Å²) in [6, 6.07) is 14.7. The number of carbonyl (C=O) groups is 1. The van der Waals surface area contributed by atoms with E-state index in [1.807, 2.05) is 38.1 Å². The molecule has 0 bridgehead atoms. The van der Waals surface area contributed by atoms with E-state index < -0.39 is 0 Å². The van der Waals surface area contributed by atoms with Crippen molar-refractivity contribution >= 4 is 58.2 Å². The molecule has 0 aliphatic carbocycles. The number of amides is 1. The van der Waals surface area contributed by atoms with E-state index in [1.165, 1.54) is 6.08 Å². The lowest BCUT2D eigenvalue weighted by Gasteiger charge is -2.12. The number of halogens is 2. The molecule has 0 aliphatic rings. The zero-order valence-corrected chi connectivity index (χ0v) is 18.1. The van der Waals surface area contributed by atoms with Gasteiger partial charge in [0.2, 0.25) is 5.91 Å². The SMILES string of the molecule is Cc1cccc(NC(=S)NC(=O)C=Cc2ccc(-c3cccc(Cl)c3Cl)o2)c1C. The van der Waals surface area contributed by atoms with Gasteiger partial charge in [0.15, 0.2) is 5.11 Å². The lowest BCUT2D eigenvalue weighted by atomic mass is 10.1. The fourth-order valence-corrected chi connectivity index (χ4v) is 3.24. The van der Waals surface area contributed by atoms with Crippen LogP contribution in [0.2, 0.25) is 10.0 Å². The van der Waals surface area contributed by atoms with E-state index in [1.54, 1.807) is 30.3 Å². The highest BCUT2D eigenvalue weighted by molar-refractivity contribution is 7.80. The minimum absolute atomic E-state index is 0.221. The van der Waals surface area contributed by atoms with Crippen LogP contribution in [0.3, 0.4) is 0 Å². The number of hydrogen-bond donors (Lipinski definition) is 2. The van der Waals surface area contributed by atoms with Gasteiger partial charge >= 0.3 is 0 Å². The molecule has 2 N–H and O–H groups in total. The maximum absolute atomic E-state index is 12.1. The molecule has 2 aromatic carbocycles. The van der Waals surface area contributed by atoms with Gasteiger partial charge in [-0.25, -0.2) is 0 Å². The van der Waals surface area contributed by atoms with Crippen molar-refractivity contribution < 1.29 is 9.21 Å². The number of benzene rings is 2. The summed E-state index contributed by atoms with van der Waals surface area (Å²) >= 11 is 17.5. The molecule has 3 aromatic rings. The van der Waals surface area contributed by atoms with Crippen LogP contribution in [0.1, 0.15) is 16.9 Å². The molecular weight excluding hydrogens is 427 g/mol. The molecular formula is C22H18Cl2N2O2S. The Bertz CT molecular complexity index is 1110. The highest BCUT2D eigenvalue weighted by atomic mass is 35.5. The molecule has 0 unspecified atom stereocenters. The fourth-order valence-electron chi connectivity index (χ4n) is 2.63. The van der Waals surface area contributed by atoms with E-state index in [4.69, 9.17) is 39.8 Å². The van der Waals surface area contributed by atoms with Crippen molar-refractivity contribution in [3.8, 4) is 11.3 Å². The Morgan fingerprint density at radius 2 is 1.83 bits per heavy atom. The van der Waals surface area contributed by atoms with Crippen molar-refractivity contribution in [3.05, 3.63) is 81.5 Å². The first-order chi connectivity index (χ1) is 13.8. The molecule has 1 heterocycles. The van der Waals surface area contributed by atoms with E-state index in [2.05, 4.69) is 10.6 Å². The molecule has 0 radical (unpaired) electrons. The number of furan rings is 1. The summed E-state index contributed by atoms with van der Waals surface area (Å²) < 4.78 is 5.73. The summed E-state index contributed by atoms with van der Waals surface area (Å²) in [4.78, 5) is 12.1. The Kier molecular flexibility index (Phi) is 6.75. The van der Waals surface area contributed by atoms with Crippen molar-refractivity contribution in [3.63, 3.8) is 0 Å². The minimum Gasteiger partial charge on any atom is -0.457 e. The minimum atomic E-state index is -0.369. The van der Waals surface area contributed by atoms with E-state index in [9.17, 15) is 4.79 Å². The van der Waals surface area contributed by atoms with Crippen molar-refractivity contribution in [1.82, 2.24) is 5.32 Å². The van der Waals surface area contributed by atoms with Crippen molar-refractivity contribution in [2.75, 3.05) is 5.32 Å². The Morgan fingerprint density at radius 3 is 2.62 bits per heavy atom. The van der Waals surface area contributed by atoms with Gasteiger partial charge in [-0.2, -0.15) is 0 Å². The van der Waals surface area contributed by atoms with Crippen LogP contribution >= 0.6 is 35.4 Å². The number of thiocarbonyl (C=S) groups is 1. The molecule has 7 heteroatoms. The Balaban J connectivity index is 1.62. The maximum atomic E-state index is 12.1. The average Bonchev–Trinajstić information content (AvgIpc) is 3.15. The second-order valence-electron chi connectivity index (χ2n) is 6.33. The Hall–Kier alpha value is -2.60. The lowest BCUT2D eigenvalue weighted by Crippen LogP contribution is -2.33. The van der Waals surface area contributed by atoms with Crippen LogP contribution in [0.15, 0.2) is 59.0 Å². The van der Waals surface area contributed by atoms with Gasteiger partial charge in [-0.15, -0.1) is 0 Å². The molecule has 0 saturated heterocycles. The van der Waals surface area contributed by atoms with Crippen LogP contribution in [-0.4, -0.2) is 11.0 Å². The largest absolute Gasteiger partial charge is 0.457 e. The van der Waals surface area contributed by atoms with Gasteiger partial charge < -0.3 is 9.73 Å². The molecule has 1 amide bonds. The van der Waals surface area contributed by atoms with Crippen LogP contribution in [0.5, 0.6) is 0 Å². The zero-order valence-electron chi connectivity index (χ0n) is 15.8. The first-order valence-electron chi connectivity index (χ1n) is 8.75. The van der Waals surface area contributed by atoms with Crippen molar-refractivity contribution in [1.29, 1.82) is 0 Å². The molecule has 0 atom stereocenters. The third kappa shape index (κ3) is 5.26. The van der Waals surface area contributed by atoms with Crippen LogP contribution in [0, 0.1) is 13.8 Å². The van der Waals surface area contributed by atoms with E-state index >= 15 is 0 Å². The topological polar surface area (TPSA) is 54.3 Å². The first-order valence-corrected chi connectivity index (χ1v) is 9.92. The van der Waals surface area contributed by atoms with E-state index in [-0.39, 0.29) is 11.0 Å². The smallest absolute Gasteiger partial charge is 0.250 e. The van der Waals surface area contributed by atoms with Crippen molar-refractivity contribution in [2.45, 2.75) is 13.8 Å². The van der Waals surface area contributed by atoms with Gasteiger partial charge in [0.05, 0.1) is 10.0 Å². The molecule has 0 aliphatic heterocycles. The summed E-state index contributed by atoms with van der Waals surface area (Å²) in [6.45, 7) is 4.00. The van der Waals surface area contributed by atoms with Gasteiger partial charge in [0.1, 0.15) is 11.5 Å². The second kappa shape index (κ2) is 9.27. The molecule has 29 heavy (non-hydrogen) atoms.